The van der Waals surface area contributed by atoms with Gasteiger partial charge in [-0.15, -0.1) is 0 Å². The van der Waals surface area contributed by atoms with Gasteiger partial charge in [-0.2, -0.15) is 0 Å². The fourth-order valence-electron chi connectivity index (χ4n) is 4.20. The van der Waals surface area contributed by atoms with E-state index in [0.717, 1.165) is 19.5 Å². The minimum atomic E-state index is -0.0898. The van der Waals surface area contributed by atoms with Crippen LogP contribution in [0.1, 0.15) is 49.3 Å². The number of fused-ring (bicyclic) bond motifs is 1. The number of benzene rings is 1. The van der Waals surface area contributed by atoms with Crippen molar-refractivity contribution in [1.29, 1.82) is 0 Å². The summed E-state index contributed by atoms with van der Waals surface area (Å²) >= 11 is 0. The van der Waals surface area contributed by atoms with Crippen molar-refractivity contribution in [3.8, 4) is 0 Å². The third-order valence-corrected chi connectivity index (χ3v) is 6.13. The van der Waals surface area contributed by atoms with Crippen LogP contribution in [0.15, 0.2) is 18.2 Å². The monoisotopic (exact) mass is 342 g/mol. The lowest BCUT2D eigenvalue weighted by atomic mass is 10.00. The molecule has 1 aromatic carbocycles. The molecule has 2 fully saturated rings. The first-order chi connectivity index (χ1) is 12.0. The zero-order valence-corrected chi connectivity index (χ0v) is 15.8. The van der Waals surface area contributed by atoms with Crippen molar-refractivity contribution in [2.45, 2.75) is 46.5 Å². The second-order valence-electron chi connectivity index (χ2n) is 7.70. The average molecular weight is 342 g/mol. The standard InChI is InChI=1S/C21H30N2O2/c1-5-15(10-22-19(24)6-2)21(25)23-11-17-18(12-23)20(17)16-8-7-13(3)14(4)9-16/h7-9,15,17-18,20H,5-6,10-12H2,1-4H3,(H,22,24). The van der Waals surface area contributed by atoms with Crippen molar-refractivity contribution in [3.63, 3.8) is 0 Å². The van der Waals surface area contributed by atoms with E-state index in [9.17, 15) is 9.59 Å². The van der Waals surface area contributed by atoms with Gasteiger partial charge in [0, 0.05) is 26.1 Å². The minimum Gasteiger partial charge on any atom is -0.355 e. The molecule has 1 aliphatic carbocycles. The van der Waals surface area contributed by atoms with E-state index >= 15 is 0 Å². The van der Waals surface area contributed by atoms with E-state index in [1.165, 1.54) is 16.7 Å². The quantitative estimate of drug-likeness (QED) is 0.864. The van der Waals surface area contributed by atoms with Gasteiger partial charge in [0.15, 0.2) is 0 Å². The van der Waals surface area contributed by atoms with Crippen molar-refractivity contribution in [2.75, 3.05) is 19.6 Å². The van der Waals surface area contributed by atoms with Crippen LogP contribution < -0.4 is 5.32 Å². The van der Waals surface area contributed by atoms with E-state index in [0.29, 0.717) is 30.7 Å². The van der Waals surface area contributed by atoms with Gasteiger partial charge in [0.25, 0.3) is 0 Å². The van der Waals surface area contributed by atoms with E-state index < -0.39 is 0 Å². The molecule has 3 unspecified atom stereocenters. The highest BCUT2D eigenvalue weighted by Crippen LogP contribution is 2.58. The van der Waals surface area contributed by atoms with E-state index in [1.807, 2.05) is 18.7 Å². The van der Waals surface area contributed by atoms with Crippen molar-refractivity contribution in [3.05, 3.63) is 34.9 Å². The molecular formula is C21H30N2O2. The first-order valence-corrected chi connectivity index (χ1v) is 9.58. The normalized spacial score (nSPS) is 25.4. The first kappa shape index (κ1) is 18.0. The van der Waals surface area contributed by atoms with E-state index in [4.69, 9.17) is 0 Å². The Morgan fingerprint density at radius 1 is 1.16 bits per heavy atom. The van der Waals surface area contributed by atoms with Gasteiger partial charge >= 0.3 is 0 Å². The Kier molecular flexibility index (Phi) is 5.16. The Hall–Kier alpha value is -1.84. The molecule has 2 aliphatic rings. The van der Waals surface area contributed by atoms with Crippen LogP contribution in [-0.4, -0.2) is 36.3 Å². The van der Waals surface area contributed by atoms with Crippen LogP contribution in [-0.2, 0) is 9.59 Å². The second kappa shape index (κ2) is 7.19. The molecule has 3 rings (SSSR count). The molecule has 0 spiro atoms. The molecule has 3 atom stereocenters. The molecule has 1 saturated carbocycles. The van der Waals surface area contributed by atoms with Gasteiger partial charge in [-0.25, -0.2) is 0 Å². The lowest BCUT2D eigenvalue weighted by molar-refractivity contribution is -0.135. The maximum Gasteiger partial charge on any atom is 0.227 e. The molecule has 0 aromatic heterocycles. The number of rotatable bonds is 6. The van der Waals surface area contributed by atoms with Crippen LogP contribution in [0.3, 0.4) is 0 Å². The molecular weight excluding hydrogens is 312 g/mol. The van der Waals surface area contributed by atoms with Gasteiger partial charge in [0.2, 0.25) is 11.8 Å². The highest BCUT2D eigenvalue weighted by molar-refractivity contribution is 5.81. The first-order valence-electron chi connectivity index (χ1n) is 9.58. The summed E-state index contributed by atoms with van der Waals surface area (Å²) in [6.07, 6.45) is 1.24. The van der Waals surface area contributed by atoms with Crippen LogP contribution in [0.5, 0.6) is 0 Å². The largest absolute Gasteiger partial charge is 0.355 e. The van der Waals surface area contributed by atoms with Gasteiger partial charge in [-0.1, -0.05) is 32.0 Å². The van der Waals surface area contributed by atoms with Crippen LogP contribution in [0, 0.1) is 31.6 Å². The highest BCUT2D eigenvalue weighted by Gasteiger charge is 2.57. The molecule has 1 aliphatic heterocycles. The predicted molar refractivity (Wildman–Crippen MR) is 99.3 cm³/mol. The van der Waals surface area contributed by atoms with E-state index in [-0.39, 0.29) is 17.7 Å². The maximum atomic E-state index is 12.8. The number of aryl methyl sites for hydroxylation is 2. The molecule has 4 nitrogen and oxygen atoms in total. The zero-order valence-electron chi connectivity index (χ0n) is 15.8. The van der Waals surface area contributed by atoms with Crippen molar-refractivity contribution in [2.24, 2.45) is 17.8 Å². The third kappa shape index (κ3) is 3.58. The van der Waals surface area contributed by atoms with Gasteiger partial charge in [-0.05, 0) is 54.7 Å². The fraction of sp³-hybridized carbons (Fsp3) is 0.619. The third-order valence-electron chi connectivity index (χ3n) is 6.13. The molecule has 25 heavy (non-hydrogen) atoms. The summed E-state index contributed by atoms with van der Waals surface area (Å²) in [5.74, 6) is 2.01. The summed E-state index contributed by atoms with van der Waals surface area (Å²) in [4.78, 5) is 26.2. The number of amides is 2. The summed E-state index contributed by atoms with van der Waals surface area (Å²) in [6, 6.07) is 6.79. The van der Waals surface area contributed by atoms with E-state index in [1.54, 1.807) is 0 Å². The number of hydrogen-bond donors (Lipinski definition) is 1. The Balaban J connectivity index is 1.55. The molecule has 2 amide bonds. The van der Waals surface area contributed by atoms with E-state index in [2.05, 4.69) is 37.4 Å². The number of hydrogen-bond acceptors (Lipinski definition) is 2. The minimum absolute atomic E-state index is 0.0188. The smallest absolute Gasteiger partial charge is 0.227 e. The van der Waals surface area contributed by atoms with Gasteiger partial charge in [-0.3, -0.25) is 9.59 Å². The molecule has 0 radical (unpaired) electrons. The lowest BCUT2D eigenvalue weighted by Crippen LogP contribution is -2.41. The summed E-state index contributed by atoms with van der Waals surface area (Å²) in [5.41, 5.74) is 4.13. The molecule has 136 valence electrons. The fourth-order valence-corrected chi connectivity index (χ4v) is 4.20. The molecule has 0 bridgehead atoms. The van der Waals surface area contributed by atoms with Gasteiger partial charge in [0.1, 0.15) is 0 Å². The molecule has 1 saturated heterocycles. The zero-order chi connectivity index (χ0) is 18.1. The summed E-state index contributed by atoms with van der Waals surface area (Å²) < 4.78 is 0. The van der Waals surface area contributed by atoms with Crippen molar-refractivity contribution >= 4 is 11.8 Å². The van der Waals surface area contributed by atoms with Crippen molar-refractivity contribution < 1.29 is 9.59 Å². The second-order valence-corrected chi connectivity index (χ2v) is 7.70. The van der Waals surface area contributed by atoms with Crippen LogP contribution in [0.4, 0.5) is 0 Å². The Morgan fingerprint density at radius 3 is 2.40 bits per heavy atom. The number of piperidine rings is 1. The van der Waals surface area contributed by atoms with Crippen molar-refractivity contribution in [1.82, 2.24) is 10.2 Å². The Morgan fingerprint density at radius 2 is 1.84 bits per heavy atom. The van der Waals surface area contributed by atoms with Gasteiger partial charge in [0.05, 0.1) is 5.92 Å². The number of likely N-dealkylation sites (tertiary alicyclic amines) is 1. The predicted octanol–water partition coefficient (Wildman–Crippen LogP) is 3.03. The molecule has 1 N–H and O–H groups in total. The number of carbonyl (C=O) groups excluding carboxylic acids is 2. The molecule has 4 heteroatoms. The highest BCUT2D eigenvalue weighted by atomic mass is 16.2. The SMILES string of the molecule is CCC(=O)NCC(CC)C(=O)N1CC2C(C1)C2c1ccc(C)c(C)c1. The Labute approximate surface area is 151 Å². The molecule has 1 heterocycles. The van der Waals surface area contributed by atoms with Gasteiger partial charge < -0.3 is 10.2 Å². The summed E-state index contributed by atoms with van der Waals surface area (Å²) in [7, 11) is 0. The molecule has 1 aromatic rings. The maximum absolute atomic E-state index is 12.8. The van der Waals surface area contributed by atoms with Crippen LogP contribution >= 0.6 is 0 Å². The summed E-state index contributed by atoms with van der Waals surface area (Å²) in [6.45, 7) is 10.4. The van der Waals surface area contributed by atoms with Crippen LogP contribution in [0.25, 0.3) is 0 Å². The van der Waals surface area contributed by atoms with Crippen LogP contribution in [0.2, 0.25) is 0 Å². The number of nitrogens with zero attached hydrogens (tertiary/aromatic N) is 1. The number of nitrogens with one attached hydrogen (secondary N) is 1. The topological polar surface area (TPSA) is 49.4 Å². The summed E-state index contributed by atoms with van der Waals surface area (Å²) in [5, 5.41) is 2.87. The Bertz CT molecular complexity index is 658. The average Bonchev–Trinajstić information content (AvgIpc) is 3.10. The number of carbonyl (C=O) groups is 2. The lowest BCUT2D eigenvalue weighted by Gasteiger charge is -2.25.